The van der Waals surface area contributed by atoms with E-state index in [0.717, 1.165) is 23.4 Å². The lowest BCUT2D eigenvalue weighted by molar-refractivity contribution is -0.0299. The van der Waals surface area contributed by atoms with Crippen molar-refractivity contribution in [1.29, 1.82) is 0 Å². The fourth-order valence-corrected chi connectivity index (χ4v) is 7.08. The number of carbonyl (C=O) groups excluding carboxylic acids is 1. The number of aromatic nitrogens is 3. The number of morpholine rings is 1. The monoisotopic (exact) mass is 629 g/mol. The Morgan fingerprint density at radius 2 is 1.84 bits per heavy atom. The van der Waals surface area contributed by atoms with Gasteiger partial charge in [0.05, 0.1) is 36.3 Å². The zero-order valence-corrected chi connectivity index (χ0v) is 26.8. The van der Waals surface area contributed by atoms with Crippen LogP contribution < -0.4 is 10.9 Å². The normalized spacial score (nSPS) is 22.5. The zero-order valence-electron chi connectivity index (χ0n) is 26.1. The third-order valence-electron chi connectivity index (χ3n) is 10.1. The Labute approximate surface area is 267 Å². The lowest BCUT2D eigenvalue weighted by Crippen LogP contribution is -2.49. The molecule has 1 aliphatic carbocycles. The summed E-state index contributed by atoms with van der Waals surface area (Å²) in [7, 11) is 0. The summed E-state index contributed by atoms with van der Waals surface area (Å²) in [5.74, 6) is -0.0259. The van der Waals surface area contributed by atoms with Gasteiger partial charge < -0.3 is 20.1 Å². The minimum Gasteiger partial charge on any atom is -0.388 e. The number of rotatable bonds is 6. The number of carbonyl (C=O) groups is 1. The highest BCUT2D eigenvalue weighted by molar-refractivity contribution is 6.31. The Morgan fingerprint density at radius 1 is 1.11 bits per heavy atom. The summed E-state index contributed by atoms with van der Waals surface area (Å²) in [6.07, 6.45) is 4.80. The van der Waals surface area contributed by atoms with Gasteiger partial charge >= 0.3 is 0 Å². The second-order valence-corrected chi connectivity index (χ2v) is 13.9. The Bertz CT molecular complexity index is 1810. The molecule has 2 N–H and O–H groups in total. The van der Waals surface area contributed by atoms with Crippen molar-refractivity contribution in [2.45, 2.75) is 76.2 Å². The molecule has 0 bridgehead atoms. The number of amides is 1. The van der Waals surface area contributed by atoms with Gasteiger partial charge in [-0.1, -0.05) is 36.7 Å². The van der Waals surface area contributed by atoms with Crippen molar-refractivity contribution < 1.29 is 14.6 Å². The number of nitrogens with zero attached hydrogens (tertiary/aromatic N) is 4. The number of likely N-dealkylation sites (tertiary alicyclic amines) is 1. The van der Waals surface area contributed by atoms with E-state index < -0.39 is 5.60 Å². The molecule has 2 aromatic heterocycles. The molecule has 3 fully saturated rings. The molecule has 7 rings (SSSR count). The molecule has 0 spiro atoms. The lowest BCUT2D eigenvalue weighted by Gasteiger charge is -2.38. The van der Waals surface area contributed by atoms with E-state index in [-0.39, 0.29) is 35.6 Å². The third kappa shape index (κ3) is 5.71. The molecule has 3 aliphatic rings. The van der Waals surface area contributed by atoms with Crippen LogP contribution in [0.4, 0.5) is 0 Å². The van der Waals surface area contributed by atoms with Gasteiger partial charge in [-0.25, -0.2) is 4.98 Å². The lowest BCUT2D eigenvalue weighted by atomic mass is 9.90. The molecular formula is C35H40ClN5O4. The Balaban J connectivity index is 1.05. The molecule has 2 atom stereocenters. The summed E-state index contributed by atoms with van der Waals surface area (Å²) in [4.78, 5) is 33.2. The van der Waals surface area contributed by atoms with E-state index in [2.05, 4.69) is 49.3 Å². The summed E-state index contributed by atoms with van der Waals surface area (Å²) in [6.45, 7) is 8.71. The van der Waals surface area contributed by atoms with Gasteiger partial charge in [0.25, 0.3) is 11.5 Å². The van der Waals surface area contributed by atoms with E-state index in [1.807, 2.05) is 24.3 Å². The molecule has 9 nitrogen and oxygen atoms in total. The van der Waals surface area contributed by atoms with Gasteiger partial charge in [-0.2, -0.15) is 0 Å². The van der Waals surface area contributed by atoms with Gasteiger partial charge in [0, 0.05) is 30.9 Å². The molecule has 45 heavy (non-hydrogen) atoms. The molecule has 4 heterocycles. The number of ether oxygens (including phenoxy) is 1. The van der Waals surface area contributed by atoms with Crippen molar-refractivity contribution in [3.05, 3.63) is 92.6 Å². The van der Waals surface area contributed by atoms with Crippen LogP contribution in [0.15, 0.2) is 59.7 Å². The summed E-state index contributed by atoms with van der Waals surface area (Å²) in [5, 5.41) is 15.8. The van der Waals surface area contributed by atoms with Crippen LogP contribution in [0, 0.1) is 6.92 Å². The van der Waals surface area contributed by atoms with Gasteiger partial charge in [0.15, 0.2) is 5.65 Å². The molecule has 2 aromatic carbocycles. The van der Waals surface area contributed by atoms with Gasteiger partial charge in [-0.3, -0.25) is 18.7 Å². The fourth-order valence-electron chi connectivity index (χ4n) is 6.80. The summed E-state index contributed by atoms with van der Waals surface area (Å²) in [5.41, 5.74) is 4.36. The SMILES string of the molecule is Cc1cc(-n2c(Cl)cc3c(=O)n(CC4(O)CCN(C(=O)c5ccc(C6(C)CC6)cc5)CC4)cnc32)ccc1[C@H]1CO[C@H](C)CN1. The van der Waals surface area contributed by atoms with E-state index in [9.17, 15) is 14.7 Å². The highest BCUT2D eigenvalue weighted by Gasteiger charge is 2.39. The molecule has 0 radical (unpaired) electrons. The first-order valence-electron chi connectivity index (χ1n) is 15.9. The standard InChI is InChI=1S/C35H40ClN5O4/c1-22-16-26(8-9-27(22)29-19-45-23(2)18-37-29)41-30(36)17-28-31(41)38-21-40(33(28)43)20-35(44)12-14-39(15-13-35)32(42)24-4-6-25(7-5-24)34(3)10-11-34/h4-9,16-17,21,23,29,37,44H,10-15,18-20H2,1-3H3/t23-,29-/m1/s1. The number of aryl methyl sites for hydroxylation is 1. The first kappa shape index (κ1) is 30.2. The van der Waals surface area contributed by atoms with Gasteiger partial charge in [0.2, 0.25) is 0 Å². The van der Waals surface area contributed by atoms with Crippen molar-refractivity contribution in [2.75, 3.05) is 26.2 Å². The topological polar surface area (TPSA) is 102 Å². The largest absolute Gasteiger partial charge is 0.388 e. The number of benzene rings is 2. The Hall–Kier alpha value is -3.50. The third-order valence-corrected chi connectivity index (χ3v) is 10.4. The number of hydrogen-bond donors (Lipinski definition) is 2. The van der Waals surface area contributed by atoms with Crippen LogP contribution in [0.3, 0.4) is 0 Å². The van der Waals surface area contributed by atoms with E-state index >= 15 is 0 Å². The zero-order chi connectivity index (χ0) is 31.5. The molecular weight excluding hydrogens is 590 g/mol. The van der Waals surface area contributed by atoms with Crippen molar-refractivity contribution in [2.24, 2.45) is 0 Å². The minimum atomic E-state index is -1.13. The molecule has 1 saturated carbocycles. The highest BCUT2D eigenvalue weighted by Crippen LogP contribution is 2.47. The minimum absolute atomic E-state index is 0.0259. The number of hydrogen-bond acceptors (Lipinski definition) is 6. The summed E-state index contributed by atoms with van der Waals surface area (Å²) < 4.78 is 9.08. The number of fused-ring (bicyclic) bond motifs is 1. The molecule has 236 valence electrons. The Morgan fingerprint density at radius 3 is 2.49 bits per heavy atom. The second-order valence-electron chi connectivity index (χ2n) is 13.5. The van der Waals surface area contributed by atoms with Crippen LogP contribution in [0.25, 0.3) is 16.7 Å². The van der Waals surface area contributed by atoms with Gasteiger partial charge in [-0.15, -0.1) is 0 Å². The van der Waals surface area contributed by atoms with Crippen LogP contribution >= 0.6 is 11.6 Å². The number of aliphatic hydroxyl groups is 1. The van der Waals surface area contributed by atoms with Crippen molar-refractivity contribution in [3.63, 3.8) is 0 Å². The van der Waals surface area contributed by atoms with Crippen molar-refractivity contribution >= 4 is 28.5 Å². The van der Waals surface area contributed by atoms with Crippen LogP contribution in [0.2, 0.25) is 5.15 Å². The maximum Gasteiger partial charge on any atom is 0.262 e. The smallest absolute Gasteiger partial charge is 0.262 e. The average Bonchev–Trinajstić information content (AvgIpc) is 3.69. The van der Waals surface area contributed by atoms with Crippen LogP contribution in [0.5, 0.6) is 0 Å². The molecule has 0 unspecified atom stereocenters. The first-order chi connectivity index (χ1) is 21.5. The maximum absolute atomic E-state index is 13.6. The van der Waals surface area contributed by atoms with Gasteiger partial charge in [0.1, 0.15) is 11.5 Å². The van der Waals surface area contributed by atoms with Crippen LogP contribution in [-0.2, 0) is 16.7 Å². The predicted octanol–water partition coefficient (Wildman–Crippen LogP) is 4.92. The molecule has 2 aliphatic heterocycles. The summed E-state index contributed by atoms with van der Waals surface area (Å²) in [6, 6.07) is 15.8. The van der Waals surface area contributed by atoms with Crippen LogP contribution in [-0.4, -0.2) is 68.0 Å². The maximum atomic E-state index is 13.6. The van der Waals surface area contributed by atoms with E-state index in [0.29, 0.717) is 54.3 Å². The number of piperidine rings is 1. The van der Waals surface area contributed by atoms with E-state index in [1.54, 1.807) is 15.5 Å². The molecule has 2 saturated heterocycles. The molecule has 10 heteroatoms. The van der Waals surface area contributed by atoms with Crippen LogP contribution in [0.1, 0.15) is 72.6 Å². The number of halogens is 1. The second kappa shape index (κ2) is 11.4. The highest BCUT2D eigenvalue weighted by atomic mass is 35.5. The van der Waals surface area contributed by atoms with E-state index in [4.69, 9.17) is 16.3 Å². The average molecular weight is 630 g/mol. The molecule has 4 aromatic rings. The first-order valence-corrected chi connectivity index (χ1v) is 16.3. The quantitative estimate of drug-likeness (QED) is 0.314. The predicted molar refractivity (Wildman–Crippen MR) is 174 cm³/mol. The molecule has 1 amide bonds. The summed E-state index contributed by atoms with van der Waals surface area (Å²) >= 11 is 6.69. The van der Waals surface area contributed by atoms with E-state index in [1.165, 1.54) is 29.3 Å². The van der Waals surface area contributed by atoms with Gasteiger partial charge in [-0.05, 0) is 92.0 Å². The van der Waals surface area contributed by atoms with Crippen molar-refractivity contribution in [1.82, 2.24) is 24.3 Å². The fraction of sp³-hybridized carbons (Fsp3) is 0.457. The number of nitrogens with one attached hydrogen (secondary N) is 1. The van der Waals surface area contributed by atoms with Crippen molar-refractivity contribution in [3.8, 4) is 5.69 Å². The Kier molecular flexibility index (Phi) is 7.63.